The number of halogens is 3. The Morgan fingerprint density at radius 2 is 1.53 bits per heavy atom. The van der Waals surface area contributed by atoms with Crippen LogP contribution in [0.3, 0.4) is 0 Å². The summed E-state index contributed by atoms with van der Waals surface area (Å²) in [4.78, 5) is 0. The first-order chi connectivity index (χ1) is 7.18. The first-order valence-electron chi connectivity index (χ1n) is 4.72. The molecule has 0 bridgehead atoms. The summed E-state index contributed by atoms with van der Waals surface area (Å²) >= 11 is 17.7. The van der Waals surface area contributed by atoms with Gasteiger partial charge in [-0.15, -0.1) is 0 Å². The Labute approximate surface area is 105 Å². The highest BCUT2D eigenvalue weighted by Gasteiger charge is 2.03. The van der Waals surface area contributed by atoms with Crippen LogP contribution in [0.4, 0.5) is 0 Å². The van der Waals surface area contributed by atoms with Gasteiger partial charge in [0, 0.05) is 10.4 Å². The third-order valence-electron chi connectivity index (χ3n) is 1.87. The molecular weight excluding hydrogens is 250 g/mol. The zero-order valence-electron chi connectivity index (χ0n) is 8.52. The predicted molar refractivity (Wildman–Crippen MR) is 70.3 cm³/mol. The fourth-order valence-electron chi connectivity index (χ4n) is 1.24. The molecule has 0 radical (unpaired) electrons. The van der Waals surface area contributed by atoms with E-state index in [2.05, 4.69) is 0 Å². The third-order valence-corrected chi connectivity index (χ3v) is 2.92. The molecule has 0 saturated carbocycles. The molecule has 2 aromatic carbocycles. The topological polar surface area (TPSA) is 0 Å². The average Bonchev–Trinajstić information content (AvgIpc) is 2.26. The van der Waals surface area contributed by atoms with Crippen molar-refractivity contribution in [3.05, 3.63) is 45.4 Å². The third kappa shape index (κ3) is 2.78. The second-order valence-corrected chi connectivity index (χ2v) is 3.95. The summed E-state index contributed by atoms with van der Waals surface area (Å²) in [6.07, 6.45) is 0. The van der Waals surface area contributed by atoms with Gasteiger partial charge in [0.1, 0.15) is 0 Å². The van der Waals surface area contributed by atoms with Gasteiger partial charge in [-0.2, -0.15) is 0 Å². The number of hydrogen-bond donors (Lipinski definition) is 0. The maximum absolute atomic E-state index is 6.00. The van der Waals surface area contributed by atoms with E-state index in [1.807, 2.05) is 32.0 Å². The number of benzene rings is 2. The molecule has 0 aliphatic carbocycles. The fourth-order valence-corrected chi connectivity index (χ4v) is 1.82. The maximum atomic E-state index is 6.00. The molecule has 2 rings (SSSR count). The Morgan fingerprint density at radius 3 is 2.20 bits per heavy atom. The highest BCUT2D eigenvalue weighted by Crippen LogP contribution is 2.31. The molecule has 3 heteroatoms. The van der Waals surface area contributed by atoms with Crippen LogP contribution in [0.1, 0.15) is 13.8 Å². The van der Waals surface area contributed by atoms with Crippen molar-refractivity contribution in [3.63, 3.8) is 0 Å². The van der Waals surface area contributed by atoms with Crippen LogP contribution in [0.2, 0.25) is 15.1 Å². The van der Waals surface area contributed by atoms with Crippen molar-refractivity contribution in [1.29, 1.82) is 0 Å². The van der Waals surface area contributed by atoms with Gasteiger partial charge in [0.05, 0.1) is 10.0 Å². The van der Waals surface area contributed by atoms with Gasteiger partial charge >= 0.3 is 0 Å². The van der Waals surface area contributed by atoms with Gasteiger partial charge in [0.15, 0.2) is 0 Å². The Hall–Kier alpha value is -0.430. The Bertz CT molecular complexity index is 464. The van der Waals surface area contributed by atoms with Gasteiger partial charge in [0.25, 0.3) is 0 Å². The molecule has 0 spiro atoms. The van der Waals surface area contributed by atoms with E-state index in [-0.39, 0.29) is 0 Å². The molecule has 2 aromatic rings. The standard InChI is InChI=1S/C10H5Cl3.C2H6/c11-7-2-3-8-6(5-7)1-4-9(12)10(8)13;1-2/h1-5H;1-2H3. The molecule has 15 heavy (non-hydrogen) atoms. The van der Waals surface area contributed by atoms with Crippen molar-refractivity contribution in [1.82, 2.24) is 0 Å². The summed E-state index contributed by atoms with van der Waals surface area (Å²) < 4.78 is 0. The van der Waals surface area contributed by atoms with E-state index < -0.39 is 0 Å². The number of hydrogen-bond acceptors (Lipinski definition) is 0. The SMILES string of the molecule is CC.Clc1ccc2c(Cl)c(Cl)ccc2c1. The van der Waals surface area contributed by atoms with Crippen molar-refractivity contribution in [2.75, 3.05) is 0 Å². The smallest absolute Gasteiger partial charge is 0.0670 e. The van der Waals surface area contributed by atoms with Crippen molar-refractivity contribution in [3.8, 4) is 0 Å². The van der Waals surface area contributed by atoms with Crippen LogP contribution in [0.5, 0.6) is 0 Å². The van der Waals surface area contributed by atoms with Crippen LogP contribution in [0.25, 0.3) is 10.8 Å². The number of rotatable bonds is 0. The van der Waals surface area contributed by atoms with E-state index in [0.29, 0.717) is 15.1 Å². The van der Waals surface area contributed by atoms with Crippen molar-refractivity contribution in [2.24, 2.45) is 0 Å². The van der Waals surface area contributed by atoms with Gasteiger partial charge in [-0.05, 0) is 23.6 Å². The summed E-state index contributed by atoms with van der Waals surface area (Å²) in [6.45, 7) is 4.00. The molecule has 0 aromatic heterocycles. The molecule has 80 valence electrons. The van der Waals surface area contributed by atoms with E-state index in [1.54, 1.807) is 12.1 Å². The predicted octanol–water partition coefficient (Wildman–Crippen LogP) is 5.83. The van der Waals surface area contributed by atoms with Gasteiger partial charge in [-0.25, -0.2) is 0 Å². The molecule has 0 atom stereocenters. The maximum Gasteiger partial charge on any atom is 0.0670 e. The zero-order chi connectivity index (χ0) is 11.4. The normalized spacial score (nSPS) is 9.67. The lowest BCUT2D eigenvalue weighted by molar-refractivity contribution is 1.50. The molecule has 0 saturated heterocycles. The van der Waals surface area contributed by atoms with E-state index >= 15 is 0 Å². The van der Waals surface area contributed by atoms with Crippen molar-refractivity contribution in [2.45, 2.75) is 13.8 Å². The molecule has 0 aliphatic rings. The van der Waals surface area contributed by atoms with E-state index in [4.69, 9.17) is 34.8 Å². The molecular formula is C12H11Cl3. The van der Waals surface area contributed by atoms with Crippen LogP contribution >= 0.6 is 34.8 Å². The minimum Gasteiger partial charge on any atom is -0.0843 e. The summed E-state index contributed by atoms with van der Waals surface area (Å²) in [5.41, 5.74) is 0. The van der Waals surface area contributed by atoms with Crippen LogP contribution in [0, 0.1) is 0 Å². The van der Waals surface area contributed by atoms with Crippen molar-refractivity contribution < 1.29 is 0 Å². The van der Waals surface area contributed by atoms with Crippen LogP contribution < -0.4 is 0 Å². The summed E-state index contributed by atoms with van der Waals surface area (Å²) in [5.74, 6) is 0. The van der Waals surface area contributed by atoms with Crippen molar-refractivity contribution >= 4 is 45.6 Å². The molecule has 0 unspecified atom stereocenters. The molecule has 0 amide bonds. The lowest BCUT2D eigenvalue weighted by Gasteiger charge is -2.02. The zero-order valence-corrected chi connectivity index (χ0v) is 10.8. The van der Waals surface area contributed by atoms with E-state index in [9.17, 15) is 0 Å². The van der Waals surface area contributed by atoms with Gasteiger partial charge < -0.3 is 0 Å². The lowest BCUT2D eigenvalue weighted by atomic mass is 10.1. The molecule has 0 fully saturated rings. The van der Waals surface area contributed by atoms with Gasteiger partial charge in [-0.1, -0.05) is 60.8 Å². The minimum absolute atomic E-state index is 0.566. The molecule has 0 heterocycles. The fraction of sp³-hybridized carbons (Fsp3) is 0.167. The summed E-state index contributed by atoms with van der Waals surface area (Å²) in [7, 11) is 0. The second kappa shape index (κ2) is 5.60. The molecule has 0 N–H and O–H groups in total. The Morgan fingerprint density at radius 1 is 0.867 bits per heavy atom. The quantitative estimate of drug-likeness (QED) is 0.560. The van der Waals surface area contributed by atoms with Gasteiger partial charge in [0.2, 0.25) is 0 Å². The highest BCUT2D eigenvalue weighted by atomic mass is 35.5. The molecule has 0 nitrogen and oxygen atoms in total. The van der Waals surface area contributed by atoms with Crippen LogP contribution in [-0.2, 0) is 0 Å². The van der Waals surface area contributed by atoms with Crippen LogP contribution in [-0.4, -0.2) is 0 Å². The average molecular weight is 262 g/mol. The largest absolute Gasteiger partial charge is 0.0843 e. The Balaban J connectivity index is 0.000000531. The highest BCUT2D eigenvalue weighted by molar-refractivity contribution is 6.45. The summed E-state index contributed by atoms with van der Waals surface area (Å²) in [6, 6.07) is 9.19. The monoisotopic (exact) mass is 260 g/mol. The second-order valence-electron chi connectivity index (χ2n) is 2.73. The van der Waals surface area contributed by atoms with E-state index in [1.165, 1.54) is 0 Å². The molecule has 0 aliphatic heterocycles. The Kier molecular flexibility index (Phi) is 4.72. The van der Waals surface area contributed by atoms with Gasteiger partial charge in [-0.3, -0.25) is 0 Å². The first-order valence-corrected chi connectivity index (χ1v) is 5.85. The summed E-state index contributed by atoms with van der Waals surface area (Å²) in [5, 5.41) is 3.78. The van der Waals surface area contributed by atoms with E-state index in [0.717, 1.165) is 10.8 Å². The minimum atomic E-state index is 0.566. The first kappa shape index (κ1) is 12.6. The lowest BCUT2D eigenvalue weighted by Crippen LogP contribution is -1.75. The number of fused-ring (bicyclic) bond motifs is 1. The van der Waals surface area contributed by atoms with Crippen LogP contribution in [0.15, 0.2) is 30.3 Å².